The molecule has 0 aromatic heterocycles. The van der Waals surface area contributed by atoms with Gasteiger partial charge in [0.25, 0.3) is 0 Å². The highest BCUT2D eigenvalue weighted by Gasteiger charge is 2.20. The molecule has 0 saturated carbocycles. The minimum atomic E-state index is 0.140. The highest BCUT2D eigenvalue weighted by atomic mass is 35.5. The predicted octanol–water partition coefficient (Wildman–Crippen LogP) is 4.59. The van der Waals surface area contributed by atoms with Crippen LogP contribution in [0.25, 0.3) is 0 Å². The largest absolute Gasteiger partial charge is 0.118 e. The SMILES string of the molecule is CC1CCc2ccc(Cl)cc2C(Cl)C1. The van der Waals surface area contributed by atoms with Crippen molar-refractivity contribution < 1.29 is 0 Å². The summed E-state index contributed by atoms with van der Waals surface area (Å²) in [7, 11) is 0. The van der Waals surface area contributed by atoms with E-state index < -0.39 is 0 Å². The second-order valence-corrected chi connectivity index (χ2v) is 5.15. The number of hydrogen-bond donors (Lipinski definition) is 0. The molecule has 1 aromatic rings. The zero-order chi connectivity index (χ0) is 10.1. The Bertz CT molecular complexity index is 333. The molecule has 0 heterocycles. The molecule has 0 fully saturated rings. The number of rotatable bonds is 0. The van der Waals surface area contributed by atoms with Gasteiger partial charge in [-0.15, -0.1) is 11.6 Å². The Kier molecular flexibility index (Phi) is 3.04. The zero-order valence-electron chi connectivity index (χ0n) is 8.26. The molecular formula is C12H14Cl2. The quantitative estimate of drug-likeness (QED) is 0.450. The Morgan fingerprint density at radius 1 is 1.36 bits per heavy atom. The van der Waals surface area contributed by atoms with Crippen molar-refractivity contribution in [3.05, 3.63) is 34.3 Å². The number of benzene rings is 1. The minimum absolute atomic E-state index is 0.140. The number of fused-ring (bicyclic) bond motifs is 1. The second-order valence-electron chi connectivity index (χ2n) is 4.19. The van der Waals surface area contributed by atoms with E-state index in [0.717, 1.165) is 17.9 Å². The summed E-state index contributed by atoms with van der Waals surface area (Å²) in [5.41, 5.74) is 2.61. The lowest BCUT2D eigenvalue weighted by Gasteiger charge is -2.12. The zero-order valence-corrected chi connectivity index (χ0v) is 9.78. The van der Waals surface area contributed by atoms with Gasteiger partial charge in [-0.1, -0.05) is 24.6 Å². The molecule has 0 spiro atoms. The van der Waals surface area contributed by atoms with E-state index in [1.807, 2.05) is 12.1 Å². The lowest BCUT2D eigenvalue weighted by molar-refractivity contribution is 0.503. The van der Waals surface area contributed by atoms with Crippen LogP contribution < -0.4 is 0 Å². The van der Waals surface area contributed by atoms with Gasteiger partial charge in [0.05, 0.1) is 5.38 Å². The van der Waals surface area contributed by atoms with Crippen LogP contribution in [-0.4, -0.2) is 0 Å². The second kappa shape index (κ2) is 4.12. The van der Waals surface area contributed by atoms with Crippen molar-refractivity contribution in [1.82, 2.24) is 0 Å². The molecule has 0 nitrogen and oxygen atoms in total. The first-order valence-corrected chi connectivity index (χ1v) is 5.90. The average molecular weight is 229 g/mol. The van der Waals surface area contributed by atoms with E-state index in [1.54, 1.807) is 0 Å². The fourth-order valence-corrected chi connectivity index (χ4v) is 2.77. The van der Waals surface area contributed by atoms with E-state index in [4.69, 9.17) is 23.2 Å². The summed E-state index contributed by atoms with van der Waals surface area (Å²) < 4.78 is 0. The van der Waals surface area contributed by atoms with Crippen LogP contribution >= 0.6 is 23.2 Å². The van der Waals surface area contributed by atoms with Gasteiger partial charge in [0.2, 0.25) is 0 Å². The fraction of sp³-hybridized carbons (Fsp3) is 0.500. The highest BCUT2D eigenvalue weighted by molar-refractivity contribution is 6.30. The van der Waals surface area contributed by atoms with Crippen LogP contribution in [0.3, 0.4) is 0 Å². The van der Waals surface area contributed by atoms with Gasteiger partial charge in [0, 0.05) is 5.02 Å². The number of alkyl halides is 1. The Morgan fingerprint density at radius 2 is 2.14 bits per heavy atom. The van der Waals surface area contributed by atoms with Crippen LogP contribution in [0.5, 0.6) is 0 Å². The van der Waals surface area contributed by atoms with Gasteiger partial charge in [0.1, 0.15) is 0 Å². The van der Waals surface area contributed by atoms with Gasteiger partial charge in [0.15, 0.2) is 0 Å². The average Bonchev–Trinajstić information content (AvgIpc) is 2.27. The van der Waals surface area contributed by atoms with Crippen LogP contribution in [-0.2, 0) is 6.42 Å². The Balaban J connectivity index is 2.39. The van der Waals surface area contributed by atoms with Crippen molar-refractivity contribution in [2.45, 2.75) is 31.6 Å². The van der Waals surface area contributed by atoms with Crippen LogP contribution in [0.1, 0.15) is 36.3 Å². The summed E-state index contributed by atoms with van der Waals surface area (Å²) in [4.78, 5) is 0. The number of aryl methyl sites for hydroxylation is 1. The van der Waals surface area contributed by atoms with E-state index >= 15 is 0 Å². The maximum Gasteiger partial charge on any atom is 0.0591 e. The van der Waals surface area contributed by atoms with Gasteiger partial charge >= 0.3 is 0 Å². The van der Waals surface area contributed by atoms with Crippen molar-refractivity contribution in [2.24, 2.45) is 5.92 Å². The molecular weight excluding hydrogens is 215 g/mol. The first-order valence-electron chi connectivity index (χ1n) is 5.09. The van der Waals surface area contributed by atoms with Crippen LogP contribution in [0.15, 0.2) is 18.2 Å². The van der Waals surface area contributed by atoms with E-state index in [9.17, 15) is 0 Å². The molecule has 2 heteroatoms. The third-order valence-electron chi connectivity index (χ3n) is 2.96. The lowest BCUT2D eigenvalue weighted by Crippen LogP contribution is -1.96. The lowest BCUT2D eigenvalue weighted by atomic mass is 10.0. The van der Waals surface area contributed by atoms with Gasteiger partial charge in [-0.3, -0.25) is 0 Å². The molecule has 0 aliphatic heterocycles. The molecule has 1 aliphatic rings. The standard InChI is InChI=1S/C12H14Cl2/c1-8-2-3-9-4-5-10(13)7-11(9)12(14)6-8/h4-5,7-8,12H,2-3,6H2,1H3. The molecule has 0 amide bonds. The minimum Gasteiger partial charge on any atom is -0.118 e. The molecule has 76 valence electrons. The maximum absolute atomic E-state index is 6.36. The topological polar surface area (TPSA) is 0 Å². The van der Waals surface area contributed by atoms with E-state index in [-0.39, 0.29) is 5.38 Å². The summed E-state index contributed by atoms with van der Waals surface area (Å²) in [5.74, 6) is 0.712. The molecule has 2 rings (SSSR count). The van der Waals surface area contributed by atoms with Crippen molar-refractivity contribution in [3.63, 3.8) is 0 Å². The summed E-state index contributed by atoms with van der Waals surface area (Å²) >= 11 is 12.3. The first-order chi connectivity index (χ1) is 6.66. The molecule has 0 saturated heterocycles. The van der Waals surface area contributed by atoms with Crippen molar-refractivity contribution >= 4 is 23.2 Å². The van der Waals surface area contributed by atoms with E-state index in [2.05, 4.69) is 13.0 Å². The molecule has 1 aliphatic carbocycles. The van der Waals surface area contributed by atoms with Crippen molar-refractivity contribution in [1.29, 1.82) is 0 Å². The van der Waals surface area contributed by atoms with E-state index in [0.29, 0.717) is 5.92 Å². The molecule has 1 aromatic carbocycles. The summed E-state index contributed by atoms with van der Waals surface area (Å²) in [6, 6.07) is 6.09. The first kappa shape index (κ1) is 10.3. The van der Waals surface area contributed by atoms with Crippen LogP contribution in [0.4, 0.5) is 0 Å². The predicted molar refractivity (Wildman–Crippen MR) is 62.1 cm³/mol. The van der Waals surface area contributed by atoms with Crippen LogP contribution in [0, 0.1) is 5.92 Å². The van der Waals surface area contributed by atoms with Gasteiger partial charge in [-0.05, 0) is 48.4 Å². The number of halogens is 2. The number of hydrogen-bond acceptors (Lipinski definition) is 0. The monoisotopic (exact) mass is 228 g/mol. The van der Waals surface area contributed by atoms with Gasteiger partial charge < -0.3 is 0 Å². The molecule has 14 heavy (non-hydrogen) atoms. The Hall–Kier alpha value is -0.200. The molecule has 0 bridgehead atoms. The third-order valence-corrected chi connectivity index (χ3v) is 3.61. The summed E-state index contributed by atoms with van der Waals surface area (Å²) in [5, 5.41) is 0.935. The smallest absolute Gasteiger partial charge is 0.0591 e. The van der Waals surface area contributed by atoms with Gasteiger partial charge in [-0.25, -0.2) is 0 Å². The molecule has 2 unspecified atom stereocenters. The summed E-state index contributed by atoms with van der Waals surface area (Å²) in [6.07, 6.45) is 3.43. The molecule has 2 atom stereocenters. The summed E-state index contributed by atoms with van der Waals surface area (Å²) in [6.45, 7) is 2.27. The van der Waals surface area contributed by atoms with Gasteiger partial charge in [-0.2, -0.15) is 0 Å². The van der Waals surface area contributed by atoms with Crippen LogP contribution in [0.2, 0.25) is 5.02 Å². The normalized spacial score (nSPS) is 26.8. The highest BCUT2D eigenvalue weighted by Crippen LogP contribution is 2.37. The van der Waals surface area contributed by atoms with Crippen molar-refractivity contribution in [3.8, 4) is 0 Å². The van der Waals surface area contributed by atoms with Crippen molar-refractivity contribution in [2.75, 3.05) is 0 Å². The Morgan fingerprint density at radius 3 is 2.93 bits per heavy atom. The molecule has 0 radical (unpaired) electrons. The van der Waals surface area contributed by atoms with E-state index in [1.165, 1.54) is 17.5 Å². The Labute approximate surface area is 95.2 Å². The fourth-order valence-electron chi connectivity index (χ4n) is 2.09. The third kappa shape index (κ3) is 2.07. The molecule has 0 N–H and O–H groups in total. The maximum atomic E-state index is 6.36.